The van der Waals surface area contributed by atoms with Crippen LogP contribution in [0.25, 0.3) is 0 Å². The molecule has 0 amide bonds. The summed E-state index contributed by atoms with van der Waals surface area (Å²) < 4.78 is 5.13. The lowest BCUT2D eigenvalue weighted by Gasteiger charge is -2.15. The van der Waals surface area contributed by atoms with Gasteiger partial charge in [0.25, 0.3) is 0 Å². The maximum Gasteiger partial charge on any atom is 0.176 e. The lowest BCUT2D eigenvalue weighted by Crippen LogP contribution is -2.36. The zero-order chi connectivity index (χ0) is 11.1. The number of aromatic nitrogens is 4. The van der Waals surface area contributed by atoms with Crippen LogP contribution in [0.1, 0.15) is 19.2 Å². The van der Waals surface area contributed by atoms with Crippen molar-refractivity contribution in [1.82, 2.24) is 25.5 Å². The van der Waals surface area contributed by atoms with E-state index in [4.69, 9.17) is 4.74 Å². The van der Waals surface area contributed by atoms with Crippen LogP contribution in [0.15, 0.2) is 0 Å². The second-order valence-electron chi connectivity index (χ2n) is 3.51. The number of hydrogen-bond acceptors (Lipinski definition) is 5. The van der Waals surface area contributed by atoms with Crippen molar-refractivity contribution in [3.8, 4) is 0 Å². The van der Waals surface area contributed by atoms with Crippen molar-refractivity contribution in [1.29, 1.82) is 0 Å². The number of rotatable bonds is 7. The van der Waals surface area contributed by atoms with Crippen LogP contribution in [0, 0.1) is 0 Å². The van der Waals surface area contributed by atoms with E-state index in [-0.39, 0.29) is 6.04 Å². The van der Waals surface area contributed by atoms with Crippen molar-refractivity contribution in [2.75, 3.05) is 20.3 Å². The van der Waals surface area contributed by atoms with Gasteiger partial charge in [0, 0.05) is 19.6 Å². The Morgan fingerprint density at radius 2 is 2.33 bits per heavy atom. The standard InChI is InChI=1S/C9H19N5O/c1-4-5-10-8(7-15-3)6-9-11-13-14(2)12-9/h8,10H,4-7H2,1-3H3. The molecule has 1 aromatic heterocycles. The molecule has 1 atom stereocenters. The van der Waals surface area contributed by atoms with E-state index >= 15 is 0 Å². The van der Waals surface area contributed by atoms with Gasteiger partial charge in [-0.15, -0.1) is 10.2 Å². The highest BCUT2D eigenvalue weighted by molar-refractivity contribution is 4.84. The van der Waals surface area contributed by atoms with Crippen LogP contribution in [0.5, 0.6) is 0 Å². The first kappa shape index (κ1) is 12.1. The van der Waals surface area contributed by atoms with Crippen LogP contribution in [-0.2, 0) is 18.2 Å². The van der Waals surface area contributed by atoms with E-state index in [0.29, 0.717) is 6.61 Å². The number of ether oxygens (including phenoxy) is 1. The van der Waals surface area contributed by atoms with E-state index < -0.39 is 0 Å². The molecule has 1 unspecified atom stereocenters. The molecule has 6 nitrogen and oxygen atoms in total. The SMILES string of the molecule is CCCNC(COC)Cc1nnn(C)n1. The van der Waals surface area contributed by atoms with Crippen molar-refractivity contribution in [2.24, 2.45) is 7.05 Å². The summed E-state index contributed by atoms with van der Waals surface area (Å²) in [4.78, 5) is 1.47. The van der Waals surface area contributed by atoms with Crippen molar-refractivity contribution >= 4 is 0 Å². The van der Waals surface area contributed by atoms with Crippen molar-refractivity contribution in [2.45, 2.75) is 25.8 Å². The third-order valence-corrected chi connectivity index (χ3v) is 2.03. The fraction of sp³-hybridized carbons (Fsp3) is 0.889. The summed E-state index contributed by atoms with van der Waals surface area (Å²) in [5, 5.41) is 15.3. The maximum atomic E-state index is 5.13. The minimum absolute atomic E-state index is 0.263. The van der Waals surface area contributed by atoms with Gasteiger partial charge in [-0.05, 0) is 18.2 Å². The smallest absolute Gasteiger partial charge is 0.176 e. The molecular weight excluding hydrogens is 194 g/mol. The number of nitrogens with one attached hydrogen (secondary N) is 1. The van der Waals surface area contributed by atoms with Crippen LogP contribution >= 0.6 is 0 Å². The molecule has 0 fully saturated rings. The number of hydrogen-bond donors (Lipinski definition) is 1. The summed E-state index contributed by atoms with van der Waals surface area (Å²) in [5.41, 5.74) is 0. The van der Waals surface area contributed by atoms with Gasteiger partial charge in [-0.2, -0.15) is 4.80 Å². The van der Waals surface area contributed by atoms with E-state index in [9.17, 15) is 0 Å². The first-order valence-corrected chi connectivity index (χ1v) is 5.21. The molecule has 0 bridgehead atoms. The van der Waals surface area contributed by atoms with Crippen LogP contribution < -0.4 is 5.32 Å². The van der Waals surface area contributed by atoms with Crippen LogP contribution in [0.4, 0.5) is 0 Å². The molecule has 0 aliphatic carbocycles. The van der Waals surface area contributed by atoms with Gasteiger partial charge in [0.1, 0.15) is 0 Å². The zero-order valence-electron chi connectivity index (χ0n) is 9.60. The predicted octanol–water partition coefficient (Wildman–Crippen LogP) is -0.233. The van der Waals surface area contributed by atoms with E-state index in [1.165, 1.54) is 4.80 Å². The fourth-order valence-electron chi connectivity index (χ4n) is 1.37. The molecule has 1 heterocycles. The van der Waals surface area contributed by atoms with Gasteiger partial charge >= 0.3 is 0 Å². The molecule has 1 aromatic rings. The number of aryl methyl sites for hydroxylation is 1. The Hall–Kier alpha value is -1.01. The van der Waals surface area contributed by atoms with Crippen molar-refractivity contribution < 1.29 is 4.74 Å². The largest absolute Gasteiger partial charge is 0.383 e. The highest BCUT2D eigenvalue weighted by Gasteiger charge is 2.11. The highest BCUT2D eigenvalue weighted by Crippen LogP contribution is 1.96. The third kappa shape index (κ3) is 4.35. The number of nitrogens with zero attached hydrogens (tertiary/aromatic N) is 4. The molecule has 0 saturated heterocycles. The Morgan fingerprint density at radius 1 is 1.53 bits per heavy atom. The normalized spacial score (nSPS) is 13.0. The van der Waals surface area contributed by atoms with Gasteiger partial charge in [-0.3, -0.25) is 0 Å². The molecule has 6 heteroatoms. The Morgan fingerprint density at radius 3 is 2.87 bits per heavy atom. The van der Waals surface area contributed by atoms with Crippen LogP contribution in [0.3, 0.4) is 0 Å². The molecule has 15 heavy (non-hydrogen) atoms. The number of methoxy groups -OCH3 is 1. The van der Waals surface area contributed by atoms with Gasteiger partial charge in [0.15, 0.2) is 5.82 Å². The topological polar surface area (TPSA) is 64.9 Å². The van der Waals surface area contributed by atoms with Gasteiger partial charge < -0.3 is 10.1 Å². The van der Waals surface area contributed by atoms with E-state index in [0.717, 1.165) is 25.2 Å². The van der Waals surface area contributed by atoms with Gasteiger partial charge in [0.2, 0.25) is 0 Å². The summed E-state index contributed by atoms with van der Waals surface area (Å²) in [6.45, 7) is 3.78. The molecule has 1 rings (SSSR count). The van der Waals surface area contributed by atoms with Gasteiger partial charge in [0.05, 0.1) is 13.7 Å². The van der Waals surface area contributed by atoms with Crippen LogP contribution in [0.2, 0.25) is 0 Å². The minimum atomic E-state index is 0.263. The van der Waals surface area contributed by atoms with Gasteiger partial charge in [-0.25, -0.2) is 0 Å². The van der Waals surface area contributed by atoms with E-state index in [2.05, 4.69) is 27.7 Å². The molecule has 0 aliphatic heterocycles. The molecule has 0 radical (unpaired) electrons. The Bertz CT molecular complexity index is 275. The van der Waals surface area contributed by atoms with E-state index in [1.807, 2.05) is 0 Å². The first-order chi connectivity index (χ1) is 7.26. The lowest BCUT2D eigenvalue weighted by atomic mass is 10.2. The Kier molecular flexibility index (Phi) is 5.20. The molecule has 0 aromatic carbocycles. The highest BCUT2D eigenvalue weighted by atomic mass is 16.5. The number of tetrazole rings is 1. The Balaban J connectivity index is 2.42. The second-order valence-corrected chi connectivity index (χ2v) is 3.51. The second kappa shape index (κ2) is 6.47. The molecule has 0 spiro atoms. The van der Waals surface area contributed by atoms with Crippen LogP contribution in [-0.4, -0.2) is 46.5 Å². The lowest BCUT2D eigenvalue weighted by molar-refractivity contribution is 0.165. The fourth-order valence-corrected chi connectivity index (χ4v) is 1.37. The molecule has 86 valence electrons. The average molecular weight is 213 g/mol. The summed E-state index contributed by atoms with van der Waals surface area (Å²) in [5.74, 6) is 0.753. The molecule has 1 N–H and O–H groups in total. The van der Waals surface area contributed by atoms with Crippen molar-refractivity contribution in [3.05, 3.63) is 5.82 Å². The summed E-state index contributed by atoms with van der Waals surface area (Å²) >= 11 is 0. The Labute approximate surface area is 90.0 Å². The zero-order valence-corrected chi connectivity index (χ0v) is 9.60. The first-order valence-electron chi connectivity index (χ1n) is 5.21. The maximum absolute atomic E-state index is 5.13. The third-order valence-electron chi connectivity index (χ3n) is 2.03. The van der Waals surface area contributed by atoms with E-state index in [1.54, 1.807) is 14.2 Å². The monoisotopic (exact) mass is 213 g/mol. The summed E-state index contributed by atoms with van der Waals surface area (Å²) in [7, 11) is 3.46. The molecule has 0 aliphatic rings. The van der Waals surface area contributed by atoms with Crippen molar-refractivity contribution in [3.63, 3.8) is 0 Å². The quantitative estimate of drug-likeness (QED) is 0.677. The minimum Gasteiger partial charge on any atom is -0.383 e. The summed E-state index contributed by atoms with van der Waals surface area (Å²) in [6.07, 6.45) is 1.86. The van der Waals surface area contributed by atoms with Gasteiger partial charge in [-0.1, -0.05) is 6.92 Å². The molecular formula is C9H19N5O. The predicted molar refractivity (Wildman–Crippen MR) is 56.5 cm³/mol. The average Bonchev–Trinajstić information content (AvgIpc) is 2.61. The molecule has 0 saturated carbocycles. The summed E-state index contributed by atoms with van der Waals surface area (Å²) in [6, 6.07) is 0.263.